The molecule has 2 nitrogen and oxygen atoms in total. The number of hydrogen-bond acceptors (Lipinski definition) is 2. The quantitative estimate of drug-likeness (QED) is 0.705. The molecule has 0 aromatic rings. The second kappa shape index (κ2) is 11.6. The predicted octanol–water partition coefficient (Wildman–Crippen LogP) is 2.77. The fraction of sp³-hybridized carbons (Fsp3) is 0.875. The summed E-state index contributed by atoms with van der Waals surface area (Å²) in [7, 11) is 0. The summed E-state index contributed by atoms with van der Waals surface area (Å²) < 4.78 is 11.1. The Balaban J connectivity index is 0. The molecule has 0 bridgehead atoms. The molecule has 0 heterocycles. The summed E-state index contributed by atoms with van der Waals surface area (Å²) in [4.78, 5) is 13.3. The van der Waals surface area contributed by atoms with Crippen LogP contribution in [0, 0.1) is 35.6 Å². The van der Waals surface area contributed by atoms with Crippen LogP contribution in [0.1, 0.15) is 45.4 Å². The van der Waals surface area contributed by atoms with Crippen LogP contribution >= 0.6 is 0 Å². The van der Waals surface area contributed by atoms with Crippen LogP contribution in [0.25, 0.3) is 0 Å². The van der Waals surface area contributed by atoms with Crippen molar-refractivity contribution >= 4 is 5.97 Å². The molecule has 0 saturated heterocycles. The van der Waals surface area contributed by atoms with Gasteiger partial charge in [-0.2, -0.15) is 0 Å². The monoisotopic (exact) mass is 301 g/mol. The SMILES string of the molecule is CCCCCCCC(=O)OF.[La]. The van der Waals surface area contributed by atoms with Gasteiger partial charge in [0.1, 0.15) is 0 Å². The summed E-state index contributed by atoms with van der Waals surface area (Å²) in [5, 5.41) is 0. The van der Waals surface area contributed by atoms with Crippen LogP contribution in [-0.4, -0.2) is 5.97 Å². The molecule has 1 radical (unpaired) electrons. The molecule has 12 heavy (non-hydrogen) atoms. The van der Waals surface area contributed by atoms with Crippen molar-refractivity contribution in [3.63, 3.8) is 0 Å². The number of rotatable bonds is 6. The smallest absolute Gasteiger partial charge is 0.255 e. The minimum absolute atomic E-state index is 0. The molecule has 0 spiro atoms. The van der Waals surface area contributed by atoms with E-state index in [0.29, 0.717) is 0 Å². The van der Waals surface area contributed by atoms with E-state index >= 15 is 0 Å². The molecule has 0 rings (SSSR count). The zero-order chi connectivity index (χ0) is 8.53. The molecule has 0 aromatic heterocycles. The van der Waals surface area contributed by atoms with Crippen LogP contribution < -0.4 is 0 Å². The van der Waals surface area contributed by atoms with Crippen LogP contribution in [-0.2, 0) is 9.74 Å². The van der Waals surface area contributed by atoms with Crippen molar-refractivity contribution in [3.8, 4) is 0 Å². The van der Waals surface area contributed by atoms with Gasteiger partial charge in [0.15, 0.2) is 0 Å². The second-order valence-corrected chi connectivity index (χ2v) is 2.61. The first-order chi connectivity index (χ1) is 5.31. The molecule has 4 heteroatoms. The first-order valence-electron chi connectivity index (χ1n) is 4.12. The van der Waals surface area contributed by atoms with Crippen molar-refractivity contribution < 1.29 is 49.9 Å². The molecule has 0 aliphatic rings. The molecule has 0 aliphatic heterocycles. The Kier molecular flexibility index (Phi) is 14.6. The van der Waals surface area contributed by atoms with E-state index < -0.39 is 5.97 Å². The van der Waals surface area contributed by atoms with Crippen molar-refractivity contribution in [2.75, 3.05) is 0 Å². The fourth-order valence-corrected chi connectivity index (χ4v) is 0.911. The van der Waals surface area contributed by atoms with Crippen LogP contribution in [0.15, 0.2) is 0 Å². The Morgan fingerprint density at radius 2 is 1.83 bits per heavy atom. The number of carbonyl (C=O) groups is 1. The van der Waals surface area contributed by atoms with Crippen molar-refractivity contribution in [3.05, 3.63) is 0 Å². The van der Waals surface area contributed by atoms with E-state index in [1.807, 2.05) is 0 Å². The topological polar surface area (TPSA) is 26.3 Å². The predicted molar refractivity (Wildman–Crippen MR) is 40.6 cm³/mol. The Morgan fingerprint density at radius 3 is 2.33 bits per heavy atom. The van der Waals surface area contributed by atoms with Gasteiger partial charge in [0, 0.05) is 46.5 Å². The molecule has 0 amide bonds. The van der Waals surface area contributed by atoms with Crippen LogP contribution in [0.5, 0.6) is 0 Å². The fourth-order valence-electron chi connectivity index (χ4n) is 0.911. The molecule has 0 saturated carbocycles. The van der Waals surface area contributed by atoms with Gasteiger partial charge in [-0.1, -0.05) is 32.6 Å². The first-order valence-corrected chi connectivity index (χ1v) is 4.12. The maximum Gasteiger partial charge on any atom is 0.348 e. The zero-order valence-corrected chi connectivity index (χ0v) is 11.1. The van der Waals surface area contributed by atoms with Gasteiger partial charge in [-0.3, -0.25) is 4.94 Å². The van der Waals surface area contributed by atoms with Crippen molar-refractivity contribution in [1.29, 1.82) is 0 Å². The van der Waals surface area contributed by atoms with E-state index in [2.05, 4.69) is 11.9 Å². The number of unbranched alkanes of at least 4 members (excludes halogenated alkanes) is 4. The van der Waals surface area contributed by atoms with Gasteiger partial charge in [-0.05, 0) is 6.42 Å². The van der Waals surface area contributed by atoms with E-state index in [-0.39, 0.29) is 42.0 Å². The Labute approximate surface area is 101 Å². The summed E-state index contributed by atoms with van der Waals surface area (Å²) >= 11 is 0. The summed E-state index contributed by atoms with van der Waals surface area (Å²) in [5.74, 6) is -0.749. The molecule has 0 N–H and O–H groups in total. The third-order valence-corrected chi connectivity index (χ3v) is 1.57. The van der Waals surface area contributed by atoms with E-state index in [9.17, 15) is 9.32 Å². The zero-order valence-electron chi connectivity index (χ0n) is 7.51. The average molecular weight is 301 g/mol. The van der Waals surface area contributed by atoms with Gasteiger partial charge in [0.05, 0.1) is 0 Å². The number of carbonyl (C=O) groups excluding carboxylic acids is 1. The van der Waals surface area contributed by atoms with Gasteiger partial charge >= 0.3 is 5.97 Å². The van der Waals surface area contributed by atoms with Gasteiger partial charge in [0.2, 0.25) is 0 Å². The van der Waals surface area contributed by atoms with E-state index in [0.717, 1.165) is 19.3 Å². The third-order valence-electron chi connectivity index (χ3n) is 1.57. The third kappa shape index (κ3) is 10.6. The van der Waals surface area contributed by atoms with Crippen molar-refractivity contribution in [2.24, 2.45) is 0 Å². The largest absolute Gasteiger partial charge is 0.348 e. The van der Waals surface area contributed by atoms with Crippen molar-refractivity contribution in [2.45, 2.75) is 45.4 Å². The summed E-state index contributed by atoms with van der Waals surface area (Å²) in [5.41, 5.74) is 0. The number of hydrogen-bond donors (Lipinski definition) is 0. The minimum Gasteiger partial charge on any atom is -0.255 e. The van der Waals surface area contributed by atoms with Gasteiger partial charge in [-0.15, -0.1) is 0 Å². The maximum absolute atomic E-state index is 11.1. The molecule has 0 aliphatic carbocycles. The van der Waals surface area contributed by atoms with Crippen LogP contribution in [0.4, 0.5) is 4.53 Å². The van der Waals surface area contributed by atoms with Gasteiger partial charge in [-0.25, -0.2) is 4.79 Å². The number of halogens is 1. The molecule has 0 fully saturated rings. The van der Waals surface area contributed by atoms with Crippen molar-refractivity contribution in [1.82, 2.24) is 0 Å². The van der Waals surface area contributed by atoms with Gasteiger partial charge in [0.25, 0.3) is 0 Å². The minimum atomic E-state index is -0.749. The standard InChI is InChI=1S/C8H15FO2.La/c1-2-3-4-5-6-7-8(10)11-9;/h2-7H2,1H3;. The molecule has 0 unspecified atom stereocenters. The second-order valence-electron chi connectivity index (χ2n) is 2.61. The van der Waals surface area contributed by atoms with E-state index in [4.69, 9.17) is 0 Å². The first kappa shape index (κ1) is 15.1. The van der Waals surface area contributed by atoms with E-state index in [1.54, 1.807) is 0 Å². The Hall–Kier alpha value is 0.595. The van der Waals surface area contributed by atoms with Gasteiger partial charge < -0.3 is 0 Å². The van der Waals surface area contributed by atoms with E-state index in [1.165, 1.54) is 12.8 Å². The molecular formula is C8H15FLaO2. The van der Waals surface area contributed by atoms with Crippen LogP contribution in [0.3, 0.4) is 0 Å². The molecule has 0 atom stereocenters. The Bertz CT molecular complexity index is 109. The molecular weight excluding hydrogens is 286 g/mol. The molecule has 69 valence electrons. The normalized spacial score (nSPS) is 8.83. The Morgan fingerprint density at radius 1 is 1.25 bits per heavy atom. The summed E-state index contributed by atoms with van der Waals surface area (Å²) in [6.45, 7) is 2.12. The summed E-state index contributed by atoms with van der Waals surface area (Å²) in [6, 6.07) is 0. The summed E-state index contributed by atoms with van der Waals surface area (Å²) in [6.07, 6.45) is 5.42. The maximum atomic E-state index is 11.1. The van der Waals surface area contributed by atoms with Crippen LogP contribution in [0.2, 0.25) is 0 Å². The average Bonchev–Trinajstić information content (AvgIpc) is 2.04. The molecule has 0 aromatic carbocycles.